The Balaban J connectivity index is 0.000000640. The fraction of sp³-hybridized carbons (Fsp3) is 0.750. The van der Waals surface area contributed by atoms with E-state index >= 15 is 0 Å². The minimum Gasteiger partial charge on any atom is -0.315 e. The molecule has 0 bridgehead atoms. The van der Waals surface area contributed by atoms with E-state index in [4.69, 9.17) is 0 Å². The molecule has 0 atom stereocenters. The third-order valence-electron chi connectivity index (χ3n) is 1.19. The first kappa shape index (κ1) is 8.65. The molecule has 0 saturated carbocycles. The van der Waals surface area contributed by atoms with Crippen molar-refractivity contribution in [3.63, 3.8) is 0 Å². The maximum Gasteiger partial charge on any atom is 0.354 e. The summed E-state index contributed by atoms with van der Waals surface area (Å²) in [7, 11) is 0. The number of nitrogens with one attached hydrogen (secondary N) is 1. The number of carbonyl (C=O) groups is 1. The molecule has 0 aromatic carbocycles. The summed E-state index contributed by atoms with van der Waals surface area (Å²) >= 11 is 0. The van der Waals surface area contributed by atoms with Gasteiger partial charge in [0.25, 0.3) is 0 Å². The summed E-state index contributed by atoms with van der Waals surface area (Å²) in [6.45, 7) is 1.09. The van der Waals surface area contributed by atoms with Crippen LogP contribution in [0.4, 0.5) is 4.53 Å². The zero-order chi connectivity index (χ0) is 5.98. The molecule has 0 aromatic rings. The molecule has 54 valence electrons. The van der Waals surface area contributed by atoms with Gasteiger partial charge in [-0.15, -0.1) is 12.4 Å². The molecule has 1 aliphatic rings. The Morgan fingerprint density at radius 3 is 2.33 bits per heavy atom. The molecule has 1 heterocycles. The van der Waals surface area contributed by atoms with Crippen LogP contribution < -0.4 is 5.32 Å². The van der Waals surface area contributed by atoms with Crippen molar-refractivity contribution in [2.75, 3.05) is 13.1 Å². The highest BCUT2D eigenvalue weighted by Crippen LogP contribution is 2.04. The van der Waals surface area contributed by atoms with Gasteiger partial charge in [-0.3, -0.25) is 4.94 Å². The molecule has 0 amide bonds. The molecule has 3 nitrogen and oxygen atoms in total. The zero-order valence-electron chi connectivity index (χ0n) is 4.59. The molecule has 1 saturated heterocycles. The van der Waals surface area contributed by atoms with Crippen molar-refractivity contribution in [3.05, 3.63) is 0 Å². The van der Waals surface area contributed by atoms with E-state index in [1.165, 1.54) is 0 Å². The highest BCUT2D eigenvalue weighted by molar-refractivity contribution is 5.85. The fourth-order valence-electron chi connectivity index (χ4n) is 0.518. The average Bonchev–Trinajstić information content (AvgIpc) is 1.62. The van der Waals surface area contributed by atoms with Gasteiger partial charge in [0.05, 0.1) is 5.92 Å². The SMILES string of the molecule is Cl.O=C(OF)C1CNC1. The van der Waals surface area contributed by atoms with Crippen molar-refractivity contribution in [1.29, 1.82) is 0 Å². The Bertz CT molecular complexity index is 107. The van der Waals surface area contributed by atoms with E-state index < -0.39 is 5.97 Å². The first-order valence-electron chi connectivity index (χ1n) is 2.37. The van der Waals surface area contributed by atoms with Gasteiger partial charge in [-0.05, 0) is 0 Å². The monoisotopic (exact) mass is 155 g/mol. The molecule has 0 aliphatic carbocycles. The van der Waals surface area contributed by atoms with Gasteiger partial charge in [0.15, 0.2) is 0 Å². The average molecular weight is 156 g/mol. The van der Waals surface area contributed by atoms with E-state index in [0.717, 1.165) is 0 Å². The van der Waals surface area contributed by atoms with E-state index in [1.54, 1.807) is 0 Å². The summed E-state index contributed by atoms with van der Waals surface area (Å²) in [4.78, 5) is 13.1. The third-order valence-corrected chi connectivity index (χ3v) is 1.19. The van der Waals surface area contributed by atoms with Crippen LogP contribution in [0.15, 0.2) is 0 Å². The maximum absolute atomic E-state index is 11.0. The lowest BCUT2D eigenvalue weighted by molar-refractivity contribution is -0.190. The van der Waals surface area contributed by atoms with Crippen molar-refractivity contribution in [3.8, 4) is 0 Å². The predicted octanol–water partition coefficient (Wildman–Crippen LogP) is 0.0553. The van der Waals surface area contributed by atoms with E-state index in [1.807, 2.05) is 0 Å². The molecule has 1 aliphatic heterocycles. The molecule has 1 rings (SSSR count). The normalized spacial score (nSPS) is 17.4. The fourth-order valence-corrected chi connectivity index (χ4v) is 0.518. The quantitative estimate of drug-likeness (QED) is 0.582. The van der Waals surface area contributed by atoms with E-state index in [0.29, 0.717) is 13.1 Å². The van der Waals surface area contributed by atoms with Crippen LogP contribution in [0.1, 0.15) is 0 Å². The summed E-state index contributed by atoms with van der Waals surface area (Å²) in [6.07, 6.45) is 0. The molecule has 0 spiro atoms. The second-order valence-corrected chi connectivity index (χ2v) is 1.75. The van der Waals surface area contributed by atoms with Crippen molar-refractivity contribution < 1.29 is 14.3 Å². The Morgan fingerprint density at radius 1 is 1.67 bits per heavy atom. The minimum atomic E-state index is -0.760. The summed E-state index contributed by atoms with van der Waals surface area (Å²) in [5, 5.41) is 2.81. The highest BCUT2D eigenvalue weighted by atomic mass is 35.5. The van der Waals surface area contributed by atoms with Crippen molar-refractivity contribution in [2.24, 2.45) is 5.92 Å². The largest absolute Gasteiger partial charge is 0.354 e. The van der Waals surface area contributed by atoms with E-state index in [9.17, 15) is 9.32 Å². The van der Waals surface area contributed by atoms with Crippen LogP contribution >= 0.6 is 12.4 Å². The molecule has 1 fully saturated rings. The van der Waals surface area contributed by atoms with Crippen molar-refractivity contribution in [2.45, 2.75) is 0 Å². The van der Waals surface area contributed by atoms with Crippen LogP contribution in [-0.4, -0.2) is 19.1 Å². The summed E-state index contributed by atoms with van der Waals surface area (Å²) in [6, 6.07) is 0. The van der Waals surface area contributed by atoms with Crippen molar-refractivity contribution in [1.82, 2.24) is 5.32 Å². The number of rotatable bonds is 1. The van der Waals surface area contributed by atoms with Crippen LogP contribution in [0.5, 0.6) is 0 Å². The van der Waals surface area contributed by atoms with Gasteiger partial charge < -0.3 is 5.32 Å². The Kier molecular flexibility index (Phi) is 3.49. The molecule has 0 unspecified atom stereocenters. The van der Waals surface area contributed by atoms with Crippen LogP contribution in [0.2, 0.25) is 0 Å². The van der Waals surface area contributed by atoms with Gasteiger partial charge >= 0.3 is 5.97 Å². The molecule has 9 heavy (non-hydrogen) atoms. The lowest BCUT2D eigenvalue weighted by Gasteiger charge is -2.22. The smallest absolute Gasteiger partial charge is 0.315 e. The second-order valence-electron chi connectivity index (χ2n) is 1.75. The molecule has 1 N–H and O–H groups in total. The number of halogens is 2. The van der Waals surface area contributed by atoms with E-state index in [2.05, 4.69) is 10.3 Å². The van der Waals surface area contributed by atoms with Gasteiger partial charge in [0.2, 0.25) is 0 Å². The molecule has 5 heteroatoms. The van der Waals surface area contributed by atoms with Gasteiger partial charge in [-0.1, -0.05) is 0 Å². The zero-order valence-corrected chi connectivity index (χ0v) is 5.41. The van der Waals surface area contributed by atoms with Gasteiger partial charge in [0, 0.05) is 17.6 Å². The molecular formula is C4H7ClFNO2. The predicted molar refractivity (Wildman–Crippen MR) is 30.8 cm³/mol. The van der Waals surface area contributed by atoms with Gasteiger partial charge in [-0.2, -0.15) is 0 Å². The Labute approximate surface area is 57.9 Å². The highest BCUT2D eigenvalue weighted by Gasteiger charge is 2.26. The van der Waals surface area contributed by atoms with Crippen LogP contribution in [0.3, 0.4) is 0 Å². The number of hydrogen-bond acceptors (Lipinski definition) is 3. The molecular weight excluding hydrogens is 148 g/mol. The number of carbonyl (C=O) groups excluding carboxylic acids is 1. The van der Waals surface area contributed by atoms with Gasteiger partial charge in [-0.25, -0.2) is 4.79 Å². The Hall–Kier alpha value is -0.350. The van der Waals surface area contributed by atoms with Crippen LogP contribution in [0.25, 0.3) is 0 Å². The minimum absolute atomic E-state index is 0. The molecule has 0 aromatic heterocycles. The van der Waals surface area contributed by atoms with Crippen LogP contribution in [0, 0.1) is 5.92 Å². The lowest BCUT2D eigenvalue weighted by Crippen LogP contribution is -2.46. The standard InChI is InChI=1S/C4H6FNO2.ClH/c5-8-4(7)3-1-6-2-3;/h3,6H,1-2H2;1H. The second kappa shape index (κ2) is 3.63. The third kappa shape index (κ3) is 1.80. The summed E-state index contributed by atoms with van der Waals surface area (Å²) in [5.74, 6) is -1.01. The Morgan fingerprint density at radius 2 is 2.22 bits per heavy atom. The lowest BCUT2D eigenvalue weighted by atomic mass is 10.1. The van der Waals surface area contributed by atoms with Gasteiger partial charge in [0.1, 0.15) is 0 Å². The maximum atomic E-state index is 11.0. The first-order valence-corrected chi connectivity index (χ1v) is 2.37. The van der Waals surface area contributed by atoms with E-state index in [-0.39, 0.29) is 18.3 Å². The molecule has 0 radical (unpaired) electrons. The number of hydrogen-bond donors (Lipinski definition) is 1. The van der Waals surface area contributed by atoms with Crippen LogP contribution in [-0.2, 0) is 9.74 Å². The van der Waals surface area contributed by atoms with Crippen molar-refractivity contribution >= 4 is 18.4 Å². The topological polar surface area (TPSA) is 38.3 Å². The summed E-state index contributed by atoms with van der Waals surface area (Å²) < 4.78 is 11.0. The summed E-state index contributed by atoms with van der Waals surface area (Å²) in [5.41, 5.74) is 0. The first-order chi connectivity index (χ1) is 3.84.